The summed E-state index contributed by atoms with van der Waals surface area (Å²) in [6.07, 6.45) is 8.04. The number of ether oxygens (including phenoxy) is 1. The number of imidazole rings is 1. The van der Waals surface area contributed by atoms with Gasteiger partial charge in [0.25, 0.3) is 5.91 Å². The van der Waals surface area contributed by atoms with Crippen molar-refractivity contribution in [1.82, 2.24) is 20.2 Å². The second-order valence-corrected chi connectivity index (χ2v) is 8.02. The third kappa shape index (κ3) is 3.34. The van der Waals surface area contributed by atoms with E-state index in [0.717, 1.165) is 42.6 Å². The molecule has 2 N–H and O–H groups in total. The molecule has 2 atom stereocenters. The summed E-state index contributed by atoms with van der Waals surface area (Å²) in [4.78, 5) is 17.3. The molecule has 6 nitrogen and oxygen atoms in total. The fourth-order valence-electron chi connectivity index (χ4n) is 4.72. The smallest absolute Gasteiger partial charge is 0.271 e. The minimum atomic E-state index is -0.109. The molecule has 0 bridgehead atoms. The number of carbonyl (C=O) groups excluding carboxylic acids is 1. The van der Waals surface area contributed by atoms with Crippen molar-refractivity contribution < 1.29 is 9.53 Å². The van der Waals surface area contributed by atoms with Crippen LogP contribution >= 0.6 is 0 Å². The molecule has 1 amide bonds. The van der Waals surface area contributed by atoms with Gasteiger partial charge in [-0.1, -0.05) is 31.0 Å². The van der Waals surface area contributed by atoms with Crippen LogP contribution in [0.3, 0.4) is 0 Å². The molecule has 5 rings (SSSR count). The first-order valence-corrected chi connectivity index (χ1v) is 10.1. The van der Waals surface area contributed by atoms with E-state index in [0.29, 0.717) is 18.3 Å². The molecule has 3 aliphatic rings. The highest BCUT2D eigenvalue weighted by Gasteiger charge is 2.30. The van der Waals surface area contributed by atoms with Gasteiger partial charge in [-0.15, -0.1) is 0 Å². The van der Waals surface area contributed by atoms with Gasteiger partial charge in [0.2, 0.25) is 0 Å². The number of carbonyl (C=O) groups is 1. The van der Waals surface area contributed by atoms with Gasteiger partial charge in [-0.3, -0.25) is 4.79 Å². The molecule has 1 unspecified atom stereocenters. The van der Waals surface area contributed by atoms with Gasteiger partial charge in [-0.05, 0) is 36.8 Å². The number of para-hydroxylation sites is 1. The zero-order valence-corrected chi connectivity index (χ0v) is 15.5. The van der Waals surface area contributed by atoms with Crippen LogP contribution in [-0.2, 0) is 19.5 Å². The number of fused-ring (bicyclic) bond motifs is 2. The van der Waals surface area contributed by atoms with Gasteiger partial charge in [0.05, 0.1) is 12.6 Å². The number of amides is 1. The summed E-state index contributed by atoms with van der Waals surface area (Å²) in [6, 6.07) is 8.50. The van der Waals surface area contributed by atoms with Crippen LogP contribution in [0, 0.1) is 5.92 Å². The van der Waals surface area contributed by atoms with Gasteiger partial charge in [-0.25, -0.2) is 4.98 Å². The number of hydrogen-bond acceptors (Lipinski definition) is 4. The Morgan fingerprint density at radius 1 is 1.26 bits per heavy atom. The van der Waals surface area contributed by atoms with Crippen LogP contribution in [0.4, 0.5) is 0 Å². The van der Waals surface area contributed by atoms with Crippen molar-refractivity contribution in [2.75, 3.05) is 6.61 Å². The Balaban J connectivity index is 1.24. The van der Waals surface area contributed by atoms with Crippen LogP contribution in [-0.4, -0.2) is 34.1 Å². The third-order valence-electron chi connectivity index (χ3n) is 6.19. The molecule has 1 fully saturated rings. The number of benzene rings is 1. The summed E-state index contributed by atoms with van der Waals surface area (Å²) < 4.78 is 7.94. The molecular weight excluding hydrogens is 340 g/mol. The van der Waals surface area contributed by atoms with Gasteiger partial charge in [-0.2, -0.15) is 0 Å². The summed E-state index contributed by atoms with van der Waals surface area (Å²) in [5.74, 6) is 2.53. The van der Waals surface area contributed by atoms with E-state index in [2.05, 4.69) is 26.3 Å². The molecule has 1 saturated carbocycles. The lowest BCUT2D eigenvalue weighted by Crippen LogP contribution is -2.43. The van der Waals surface area contributed by atoms with Gasteiger partial charge in [0, 0.05) is 18.8 Å². The zero-order chi connectivity index (χ0) is 18.2. The van der Waals surface area contributed by atoms with Crippen molar-refractivity contribution in [3.05, 3.63) is 47.5 Å². The molecule has 3 heterocycles. The lowest BCUT2D eigenvalue weighted by atomic mass is 9.97. The minimum Gasteiger partial charge on any atom is -0.491 e. The summed E-state index contributed by atoms with van der Waals surface area (Å²) in [7, 11) is 0. The molecule has 27 heavy (non-hydrogen) atoms. The molecule has 0 radical (unpaired) electrons. The third-order valence-corrected chi connectivity index (χ3v) is 6.19. The monoisotopic (exact) mass is 366 g/mol. The molecule has 2 aliphatic heterocycles. The van der Waals surface area contributed by atoms with Crippen molar-refractivity contribution in [1.29, 1.82) is 0 Å². The van der Waals surface area contributed by atoms with Crippen molar-refractivity contribution in [2.45, 2.75) is 57.3 Å². The first kappa shape index (κ1) is 16.8. The Labute approximate surface area is 159 Å². The van der Waals surface area contributed by atoms with Gasteiger partial charge >= 0.3 is 0 Å². The van der Waals surface area contributed by atoms with E-state index in [4.69, 9.17) is 4.74 Å². The van der Waals surface area contributed by atoms with Gasteiger partial charge < -0.3 is 19.9 Å². The van der Waals surface area contributed by atoms with Crippen molar-refractivity contribution >= 4 is 5.91 Å². The molecule has 1 aromatic heterocycles. The Morgan fingerprint density at radius 3 is 3.00 bits per heavy atom. The molecule has 142 valence electrons. The van der Waals surface area contributed by atoms with Crippen LogP contribution in [0.15, 0.2) is 30.5 Å². The van der Waals surface area contributed by atoms with E-state index in [1.165, 1.54) is 25.7 Å². The van der Waals surface area contributed by atoms with Crippen LogP contribution in [0.2, 0.25) is 0 Å². The number of aromatic nitrogens is 2. The number of rotatable bonds is 3. The lowest BCUT2D eigenvalue weighted by Gasteiger charge is -2.29. The highest BCUT2D eigenvalue weighted by atomic mass is 16.5. The van der Waals surface area contributed by atoms with E-state index in [1.807, 2.05) is 24.4 Å². The molecular formula is C21H26N4O2. The zero-order valence-electron chi connectivity index (χ0n) is 15.5. The van der Waals surface area contributed by atoms with Crippen LogP contribution in [0.25, 0.3) is 0 Å². The van der Waals surface area contributed by atoms with E-state index < -0.39 is 0 Å². The lowest BCUT2D eigenvalue weighted by molar-refractivity contribution is 0.0910. The van der Waals surface area contributed by atoms with E-state index in [-0.39, 0.29) is 11.9 Å². The summed E-state index contributed by atoms with van der Waals surface area (Å²) in [5, 5.41) is 6.72. The van der Waals surface area contributed by atoms with E-state index in [9.17, 15) is 4.79 Å². The summed E-state index contributed by atoms with van der Waals surface area (Å²) >= 11 is 0. The summed E-state index contributed by atoms with van der Waals surface area (Å²) in [6.45, 7) is 2.16. The standard InChI is InChI=1S/C21H26N4O2/c26-21(23-16-9-15-7-3-4-8-19(15)27-13-16)18-12-25-11-17(14-5-1-2-6-14)22-10-20(25)24-18/h3-4,7-8,12,14,16-17,22H,1-2,5-6,9-11,13H2,(H,23,26)/t16-,17?/m1/s1. The average Bonchev–Trinajstić information content (AvgIpc) is 3.37. The van der Waals surface area contributed by atoms with Crippen LogP contribution in [0.1, 0.15) is 47.6 Å². The number of nitrogens with zero attached hydrogens (tertiary/aromatic N) is 2. The van der Waals surface area contributed by atoms with Crippen LogP contribution < -0.4 is 15.4 Å². The maximum Gasteiger partial charge on any atom is 0.271 e. The number of hydrogen-bond donors (Lipinski definition) is 2. The maximum absolute atomic E-state index is 12.7. The highest BCUT2D eigenvalue weighted by molar-refractivity contribution is 5.92. The normalized spacial score (nSPS) is 24.7. The second-order valence-electron chi connectivity index (χ2n) is 8.02. The molecule has 1 aliphatic carbocycles. The number of nitrogens with one attached hydrogen (secondary N) is 2. The fourth-order valence-corrected chi connectivity index (χ4v) is 4.72. The second kappa shape index (κ2) is 7.00. The Bertz CT molecular complexity index is 840. The molecule has 0 saturated heterocycles. The van der Waals surface area contributed by atoms with Crippen molar-refractivity contribution in [3.63, 3.8) is 0 Å². The van der Waals surface area contributed by atoms with Crippen LogP contribution in [0.5, 0.6) is 5.75 Å². The first-order chi connectivity index (χ1) is 13.3. The van der Waals surface area contributed by atoms with Crippen molar-refractivity contribution in [2.24, 2.45) is 5.92 Å². The highest BCUT2D eigenvalue weighted by Crippen LogP contribution is 2.30. The Hall–Kier alpha value is -2.34. The van der Waals surface area contributed by atoms with Gasteiger partial charge in [0.15, 0.2) is 0 Å². The maximum atomic E-state index is 12.7. The predicted octanol–water partition coefficient (Wildman–Crippen LogP) is 2.28. The Kier molecular flexibility index (Phi) is 4.36. The fraction of sp³-hybridized carbons (Fsp3) is 0.524. The molecule has 0 spiro atoms. The predicted molar refractivity (Wildman–Crippen MR) is 102 cm³/mol. The minimum absolute atomic E-state index is 0.0181. The summed E-state index contributed by atoms with van der Waals surface area (Å²) in [5.41, 5.74) is 1.65. The SMILES string of the molecule is O=C(N[C@H]1COc2ccccc2C1)c1cn2c(n1)CNC(C1CCCC1)C2. The molecule has 2 aromatic rings. The van der Waals surface area contributed by atoms with Crippen molar-refractivity contribution in [3.8, 4) is 5.75 Å². The average molecular weight is 366 g/mol. The molecule has 1 aromatic carbocycles. The molecule has 6 heteroatoms. The quantitative estimate of drug-likeness (QED) is 0.875. The first-order valence-electron chi connectivity index (χ1n) is 10.1. The van der Waals surface area contributed by atoms with E-state index >= 15 is 0 Å². The largest absolute Gasteiger partial charge is 0.491 e. The van der Waals surface area contributed by atoms with Gasteiger partial charge in [0.1, 0.15) is 23.9 Å². The Morgan fingerprint density at radius 2 is 2.11 bits per heavy atom. The van der Waals surface area contributed by atoms with E-state index in [1.54, 1.807) is 0 Å². The topological polar surface area (TPSA) is 68.2 Å².